The molecule has 112 valence electrons. The van der Waals surface area contributed by atoms with Crippen LogP contribution < -0.4 is 5.32 Å². The molecule has 0 radical (unpaired) electrons. The molecule has 4 rings (SSSR count). The van der Waals surface area contributed by atoms with Crippen molar-refractivity contribution in [1.29, 1.82) is 0 Å². The van der Waals surface area contributed by atoms with Crippen molar-refractivity contribution in [3.8, 4) is 0 Å². The molecule has 0 spiro atoms. The molecule has 2 aromatic carbocycles. The fraction of sp³-hybridized carbons (Fsp3) is 0.316. The normalized spacial score (nSPS) is 15.6. The second-order valence-electron chi connectivity index (χ2n) is 6.05. The van der Waals surface area contributed by atoms with Crippen molar-refractivity contribution in [3.05, 3.63) is 48.7 Å². The van der Waals surface area contributed by atoms with E-state index in [1.165, 1.54) is 47.8 Å². The molecule has 0 unspecified atom stereocenters. The van der Waals surface area contributed by atoms with E-state index in [-0.39, 0.29) is 0 Å². The molecular formula is C19H21N3. The number of hydrogen-bond acceptors (Lipinski definition) is 3. The molecule has 1 aliphatic rings. The van der Waals surface area contributed by atoms with Gasteiger partial charge in [-0.25, -0.2) is 0 Å². The number of likely N-dealkylation sites (tertiary alicyclic amines) is 1. The first-order valence-corrected chi connectivity index (χ1v) is 8.14. The second kappa shape index (κ2) is 5.93. The maximum absolute atomic E-state index is 4.53. The summed E-state index contributed by atoms with van der Waals surface area (Å²) < 4.78 is 0. The highest BCUT2D eigenvalue weighted by atomic mass is 15.1. The van der Waals surface area contributed by atoms with E-state index in [0.717, 1.165) is 18.6 Å². The summed E-state index contributed by atoms with van der Waals surface area (Å²) in [5.41, 5.74) is 2.25. The standard InChI is InChI=1S/C19H21N3/c1-2-6-16-14-19-17(13-15(16)5-1)18(7-8-20-19)21-9-12-22-10-3-4-11-22/h1-2,5-8,13-14H,3-4,9-12H2,(H,20,21). The summed E-state index contributed by atoms with van der Waals surface area (Å²) in [5.74, 6) is 0. The third-order valence-electron chi connectivity index (χ3n) is 4.55. The van der Waals surface area contributed by atoms with Gasteiger partial charge in [0.25, 0.3) is 0 Å². The minimum absolute atomic E-state index is 0.992. The molecule has 2 heterocycles. The molecule has 0 amide bonds. The lowest BCUT2D eigenvalue weighted by molar-refractivity contribution is 0.353. The lowest BCUT2D eigenvalue weighted by atomic mass is 10.1. The summed E-state index contributed by atoms with van der Waals surface area (Å²) in [5, 5.41) is 7.32. The van der Waals surface area contributed by atoms with Gasteiger partial charge in [-0.2, -0.15) is 0 Å². The summed E-state index contributed by atoms with van der Waals surface area (Å²) in [4.78, 5) is 7.06. The van der Waals surface area contributed by atoms with E-state index in [9.17, 15) is 0 Å². The highest BCUT2D eigenvalue weighted by Crippen LogP contribution is 2.26. The molecule has 0 atom stereocenters. The third kappa shape index (κ3) is 2.64. The predicted molar refractivity (Wildman–Crippen MR) is 93.4 cm³/mol. The fourth-order valence-electron chi connectivity index (χ4n) is 3.34. The van der Waals surface area contributed by atoms with Crippen LogP contribution in [0.5, 0.6) is 0 Å². The van der Waals surface area contributed by atoms with Gasteiger partial charge in [-0.15, -0.1) is 0 Å². The molecule has 0 bridgehead atoms. The van der Waals surface area contributed by atoms with E-state index in [2.05, 4.69) is 57.7 Å². The average molecular weight is 291 g/mol. The lowest BCUT2D eigenvalue weighted by Gasteiger charge is -2.16. The zero-order valence-corrected chi connectivity index (χ0v) is 12.8. The van der Waals surface area contributed by atoms with Crippen molar-refractivity contribution in [1.82, 2.24) is 9.88 Å². The summed E-state index contributed by atoms with van der Waals surface area (Å²) in [6.45, 7) is 4.62. The van der Waals surface area contributed by atoms with Gasteiger partial charge in [-0.05, 0) is 54.9 Å². The first-order chi connectivity index (χ1) is 10.9. The molecule has 0 saturated carbocycles. The van der Waals surface area contributed by atoms with Crippen molar-refractivity contribution >= 4 is 27.4 Å². The summed E-state index contributed by atoms with van der Waals surface area (Å²) >= 11 is 0. The SMILES string of the molecule is c1ccc2cc3c(NCCN4CCCC4)ccnc3cc2c1. The Bertz CT molecular complexity index is 791. The minimum Gasteiger partial charge on any atom is -0.383 e. The molecule has 1 saturated heterocycles. The van der Waals surface area contributed by atoms with Gasteiger partial charge in [0.15, 0.2) is 0 Å². The van der Waals surface area contributed by atoms with Crippen LogP contribution in [0.1, 0.15) is 12.8 Å². The number of fused-ring (bicyclic) bond motifs is 2. The van der Waals surface area contributed by atoms with Gasteiger partial charge < -0.3 is 10.2 Å². The highest BCUT2D eigenvalue weighted by molar-refractivity contribution is 6.01. The zero-order chi connectivity index (χ0) is 14.8. The number of nitrogens with one attached hydrogen (secondary N) is 1. The van der Waals surface area contributed by atoms with Crippen molar-refractivity contribution in [2.24, 2.45) is 0 Å². The molecule has 0 aliphatic carbocycles. The van der Waals surface area contributed by atoms with Gasteiger partial charge in [0.2, 0.25) is 0 Å². The van der Waals surface area contributed by atoms with Crippen LogP contribution in [0.15, 0.2) is 48.7 Å². The minimum atomic E-state index is 0.992. The van der Waals surface area contributed by atoms with E-state index in [1.54, 1.807) is 0 Å². The fourth-order valence-corrected chi connectivity index (χ4v) is 3.34. The molecule has 1 aromatic heterocycles. The van der Waals surface area contributed by atoms with Gasteiger partial charge in [0, 0.05) is 30.4 Å². The predicted octanol–water partition coefficient (Wildman–Crippen LogP) is 3.90. The Balaban J connectivity index is 1.60. The van der Waals surface area contributed by atoms with Crippen molar-refractivity contribution in [2.45, 2.75) is 12.8 Å². The van der Waals surface area contributed by atoms with Crippen molar-refractivity contribution < 1.29 is 0 Å². The van der Waals surface area contributed by atoms with Crippen molar-refractivity contribution in [3.63, 3.8) is 0 Å². The van der Waals surface area contributed by atoms with Crippen LogP contribution >= 0.6 is 0 Å². The van der Waals surface area contributed by atoms with Crippen LogP contribution in [-0.4, -0.2) is 36.1 Å². The van der Waals surface area contributed by atoms with E-state index in [0.29, 0.717) is 0 Å². The maximum atomic E-state index is 4.53. The van der Waals surface area contributed by atoms with Gasteiger partial charge >= 0.3 is 0 Å². The largest absolute Gasteiger partial charge is 0.383 e. The topological polar surface area (TPSA) is 28.2 Å². The van der Waals surface area contributed by atoms with Crippen LogP contribution in [0.2, 0.25) is 0 Å². The summed E-state index contributed by atoms with van der Waals surface area (Å²) in [6.07, 6.45) is 4.60. The van der Waals surface area contributed by atoms with Gasteiger partial charge in [-0.3, -0.25) is 4.98 Å². The molecule has 3 nitrogen and oxygen atoms in total. The van der Waals surface area contributed by atoms with Gasteiger partial charge in [-0.1, -0.05) is 24.3 Å². The number of nitrogens with zero attached hydrogens (tertiary/aromatic N) is 2. The van der Waals surface area contributed by atoms with Gasteiger partial charge in [0.05, 0.1) is 5.52 Å². The Hall–Kier alpha value is -2.13. The van der Waals surface area contributed by atoms with E-state index in [4.69, 9.17) is 0 Å². The smallest absolute Gasteiger partial charge is 0.0729 e. The molecule has 1 fully saturated rings. The Labute approximate surface area is 131 Å². The first kappa shape index (κ1) is 13.5. The van der Waals surface area contributed by atoms with E-state index >= 15 is 0 Å². The Morgan fingerprint density at radius 2 is 1.77 bits per heavy atom. The first-order valence-electron chi connectivity index (χ1n) is 8.14. The summed E-state index contributed by atoms with van der Waals surface area (Å²) in [7, 11) is 0. The van der Waals surface area contributed by atoms with Crippen LogP contribution in [0, 0.1) is 0 Å². The Morgan fingerprint density at radius 3 is 2.59 bits per heavy atom. The molecule has 3 aromatic rings. The maximum Gasteiger partial charge on any atom is 0.0729 e. The molecule has 1 aliphatic heterocycles. The second-order valence-corrected chi connectivity index (χ2v) is 6.05. The zero-order valence-electron chi connectivity index (χ0n) is 12.8. The van der Waals surface area contributed by atoms with Crippen LogP contribution in [-0.2, 0) is 0 Å². The van der Waals surface area contributed by atoms with Crippen LogP contribution in [0.3, 0.4) is 0 Å². The number of rotatable bonds is 4. The molecule has 22 heavy (non-hydrogen) atoms. The van der Waals surface area contributed by atoms with Crippen molar-refractivity contribution in [2.75, 3.05) is 31.5 Å². The number of pyridine rings is 1. The molecular weight excluding hydrogens is 270 g/mol. The van der Waals surface area contributed by atoms with Crippen LogP contribution in [0.25, 0.3) is 21.7 Å². The quantitative estimate of drug-likeness (QED) is 0.739. The number of anilines is 1. The average Bonchev–Trinajstić information content (AvgIpc) is 3.07. The van der Waals surface area contributed by atoms with Gasteiger partial charge in [0.1, 0.15) is 0 Å². The number of benzene rings is 2. The van der Waals surface area contributed by atoms with E-state index in [1.807, 2.05) is 6.20 Å². The third-order valence-corrected chi connectivity index (χ3v) is 4.55. The highest BCUT2D eigenvalue weighted by Gasteiger charge is 2.10. The lowest BCUT2D eigenvalue weighted by Crippen LogP contribution is -2.25. The Kier molecular flexibility index (Phi) is 3.65. The monoisotopic (exact) mass is 291 g/mol. The number of aromatic nitrogens is 1. The van der Waals surface area contributed by atoms with Crippen LogP contribution in [0.4, 0.5) is 5.69 Å². The molecule has 1 N–H and O–H groups in total. The Morgan fingerprint density at radius 1 is 1.00 bits per heavy atom. The number of hydrogen-bond donors (Lipinski definition) is 1. The summed E-state index contributed by atoms with van der Waals surface area (Å²) in [6, 6.07) is 15.0. The molecule has 3 heteroatoms. The van der Waals surface area contributed by atoms with E-state index < -0.39 is 0 Å².